The number of piperidine rings is 1. The molecule has 6 nitrogen and oxygen atoms in total. The van der Waals surface area contributed by atoms with Gasteiger partial charge in [-0.2, -0.15) is 0 Å². The van der Waals surface area contributed by atoms with E-state index < -0.39 is 17.8 Å². The predicted molar refractivity (Wildman–Crippen MR) is 153 cm³/mol. The molecule has 0 unspecified atom stereocenters. The van der Waals surface area contributed by atoms with E-state index in [1.165, 1.54) is 28.4 Å². The van der Waals surface area contributed by atoms with Crippen molar-refractivity contribution in [1.29, 1.82) is 0 Å². The van der Waals surface area contributed by atoms with E-state index in [0.29, 0.717) is 47.5 Å². The fourth-order valence-corrected chi connectivity index (χ4v) is 6.58. The van der Waals surface area contributed by atoms with Crippen molar-refractivity contribution in [3.05, 3.63) is 79.2 Å². The van der Waals surface area contributed by atoms with Crippen molar-refractivity contribution < 1.29 is 22.7 Å². The van der Waals surface area contributed by atoms with Crippen LogP contribution in [0.5, 0.6) is 5.75 Å². The normalized spacial score (nSPS) is 17.0. The number of aromatic nitrogens is 1. The van der Waals surface area contributed by atoms with Gasteiger partial charge in [-0.3, -0.25) is 9.80 Å². The average molecular weight is 632 g/mol. The van der Waals surface area contributed by atoms with E-state index in [1.807, 2.05) is 36.4 Å². The molecule has 5 rings (SSSR count). The first-order valence-corrected chi connectivity index (χ1v) is 14.4. The van der Waals surface area contributed by atoms with Gasteiger partial charge in [-0.1, -0.05) is 59.1 Å². The maximum absolute atomic E-state index is 13.4. The van der Waals surface area contributed by atoms with Crippen molar-refractivity contribution in [3.63, 3.8) is 0 Å². The molecule has 0 bridgehead atoms. The Morgan fingerprint density at radius 1 is 1.12 bits per heavy atom. The zero-order chi connectivity index (χ0) is 28.5. The Morgan fingerprint density at radius 2 is 1.85 bits per heavy atom. The smallest absolute Gasteiger partial charge is 0.405 e. The maximum Gasteiger partial charge on any atom is 0.573 e. The minimum Gasteiger partial charge on any atom is -0.405 e. The van der Waals surface area contributed by atoms with E-state index in [1.54, 1.807) is 6.20 Å². The third kappa shape index (κ3) is 6.52. The summed E-state index contributed by atoms with van der Waals surface area (Å²) in [7, 11) is 0. The molecule has 0 aliphatic carbocycles. The quantitative estimate of drug-likeness (QED) is 0.302. The number of thiazole rings is 1. The summed E-state index contributed by atoms with van der Waals surface area (Å²) in [4.78, 5) is 21.7. The van der Waals surface area contributed by atoms with Crippen molar-refractivity contribution in [3.8, 4) is 5.75 Å². The van der Waals surface area contributed by atoms with Crippen LogP contribution >= 0.6 is 46.1 Å². The second-order valence-corrected chi connectivity index (χ2v) is 12.2. The Labute approximate surface area is 248 Å². The Morgan fingerprint density at radius 3 is 2.50 bits per heavy atom. The summed E-state index contributed by atoms with van der Waals surface area (Å²) in [6, 6.07) is 9.59. The number of alkyl halides is 3. The number of rotatable bonds is 6. The lowest BCUT2D eigenvalue weighted by Crippen LogP contribution is -2.47. The summed E-state index contributed by atoms with van der Waals surface area (Å²) in [5.41, 5.74) is 0.847. The number of hydrogen-bond donors (Lipinski definition) is 1. The van der Waals surface area contributed by atoms with Crippen LogP contribution in [0.25, 0.3) is 6.08 Å². The summed E-state index contributed by atoms with van der Waals surface area (Å²) in [5.74, 6) is -0.326. The van der Waals surface area contributed by atoms with Crippen LogP contribution in [0, 0.1) is 0 Å². The van der Waals surface area contributed by atoms with Gasteiger partial charge in [0.25, 0.3) is 0 Å². The minimum absolute atomic E-state index is 0.173. The van der Waals surface area contributed by atoms with Crippen LogP contribution in [0.1, 0.15) is 28.8 Å². The van der Waals surface area contributed by atoms with Crippen LogP contribution in [-0.2, 0) is 12.0 Å². The molecular weight excluding hydrogens is 608 g/mol. The van der Waals surface area contributed by atoms with E-state index in [4.69, 9.17) is 34.8 Å². The molecule has 212 valence electrons. The zero-order valence-electron chi connectivity index (χ0n) is 21.0. The molecule has 13 heteroatoms. The number of carbonyl (C=O) groups is 1. The van der Waals surface area contributed by atoms with Crippen molar-refractivity contribution in [2.75, 3.05) is 31.1 Å². The van der Waals surface area contributed by atoms with Gasteiger partial charge < -0.3 is 10.1 Å². The second kappa shape index (κ2) is 11.8. The Bertz CT molecular complexity index is 1410. The molecular formula is C27H24Cl3F3N4O2S. The van der Waals surface area contributed by atoms with Crippen LogP contribution in [-0.4, -0.2) is 48.5 Å². The number of fused-ring (bicyclic) bond motifs is 2. The number of anilines is 1. The van der Waals surface area contributed by atoms with Gasteiger partial charge in [0.2, 0.25) is 0 Å². The Hall–Kier alpha value is -2.50. The minimum atomic E-state index is -4.89. The van der Waals surface area contributed by atoms with Gasteiger partial charge in [0.15, 0.2) is 4.47 Å². The Kier molecular flexibility index (Phi) is 8.54. The number of hydrogen-bond acceptors (Lipinski definition) is 5. The third-order valence-electron chi connectivity index (χ3n) is 7.12. The highest BCUT2D eigenvalue weighted by Crippen LogP contribution is 2.54. The summed E-state index contributed by atoms with van der Waals surface area (Å²) < 4.78 is 45.0. The number of ether oxygens (including phenoxy) is 1. The SMILES string of the molecule is O=C(NCc1cnc(Cl)s1)N1CC2(CCN(CC=Cc3ccc(Cl)cc3)CC2)c2c(OC(F)(F)F)ccc(Cl)c21. The number of benzene rings is 2. The number of carbonyl (C=O) groups excluding carboxylic acids is 1. The average Bonchev–Trinajstić information content (AvgIpc) is 3.48. The number of nitrogens with zero attached hydrogens (tertiary/aromatic N) is 3. The van der Waals surface area contributed by atoms with Gasteiger partial charge in [0.05, 0.1) is 17.3 Å². The number of likely N-dealkylation sites (tertiary alicyclic amines) is 1. The molecule has 3 heterocycles. The number of amides is 2. The fourth-order valence-electron chi connectivity index (χ4n) is 5.27. The fraction of sp³-hybridized carbons (Fsp3) is 0.333. The van der Waals surface area contributed by atoms with Crippen molar-refractivity contribution in [2.45, 2.75) is 31.2 Å². The largest absolute Gasteiger partial charge is 0.573 e. The van der Waals surface area contributed by atoms with Gasteiger partial charge in [-0.05, 0) is 55.8 Å². The van der Waals surface area contributed by atoms with Crippen molar-refractivity contribution in [1.82, 2.24) is 15.2 Å². The summed E-state index contributed by atoms with van der Waals surface area (Å²) in [6.07, 6.45) is 1.77. The van der Waals surface area contributed by atoms with Gasteiger partial charge in [0, 0.05) is 40.2 Å². The maximum atomic E-state index is 13.4. The van der Waals surface area contributed by atoms with E-state index in [2.05, 4.69) is 19.9 Å². The van der Waals surface area contributed by atoms with Crippen LogP contribution in [0.3, 0.4) is 0 Å². The highest BCUT2D eigenvalue weighted by Gasteiger charge is 2.50. The molecule has 0 saturated carbocycles. The standard InChI is InChI=1S/C27H24Cl3F3N4O2S/c28-18-5-3-17(4-6-18)2-1-11-36-12-9-26(10-13-36)16-37(25(38)35-15-19-14-34-24(30)40-19)23-20(29)7-8-21(22(23)26)39-27(31,32)33/h1-8,14H,9-13,15-16H2,(H,35,38). The van der Waals surface area contributed by atoms with Crippen LogP contribution in [0.4, 0.5) is 23.7 Å². The topological polar surface area (TPSA) is 57.7 Å². The lowest BCUT2D eigenvalue weighted by molar-refractivity contribution is -0.275. The molecule has 40 heavy (non-hydrogen) atoms. The number of halogens is 6. The van der Waals surface area contributed by atoms with E-state index in [9.17, 15) is 18.0 Å². The first-order chi connectivity index (χ1) is 19.0. The van der Waals surface area contributed by atoms with Gasteiger partial charge in [0.1, 0.15) is 5.75 Å². The van der Waals surface area contributed by atoms with E-state index >= 15 is 0 Å². The van der Waals surface area contributed by atoms with Crippen LogP contribution in [0.15, 0.2) is 48.7 Å². The Balaban J connectivity index is 1.36. The summed E-state index contributed by atoms with van der Waals surface area (Å²) >= 11 is 19.6. The molecule has 2 aliphatic rings. The van der Waals surface area contributed by atoms with Gasteiger partial charge in [-0.15, -0.1) is 24.5 Å². The molecule has 0 atom stereocenters. The zero-order valence-corrected chi connectivity index (χ0v) is 24.1. The predicted octanol–water partition coefficient (Wildman–Crippen LogP) is 7.78. The molecule has 1 fully saturated rings. The van der Waals surface area contributed by atoms with Crippen LogP contribution in [0.2, 0.25) is 14.5 Å². The highest BCUT2D eigenvalue weighted by molar-refractivity contribution is 7.15. The molecule has 3 aromatic rings. The summed E-state index contributed by atoms with van der Waals surface area (Å²) in [6.45, 7) is 2.28. The molecule has 2 amide bonds. The highest BCUT2D eigenvalue weighted by atomic mass is 35.5. The first-order valence-electron chi connectivity index (χ1n) is 12.4. The second-order valence-electron chi connectivity index (χ2n) is 9.68. The van der Waals surface area contributed by atoms with Crippen molar-refractivity contribution in [2.24, 2.45) is 0 Å². The molecule has 1 saturated heterocycles. The molecule has 1 aromatic heterocycles. The van der Waals surface area contributed by atoms with E-state index in [-0.39, 0.29) is 29.5 Å². The molecule has 0 radical (unpaired) electrons. The van der Waals surface area contributed by atoms with Gasteiger partial charge >= 0.3 is 12.4 Å². The monoisotopic (exact) mass is 630 g/mol. The summed E-state index contributed by atoms with van der Waals surface area (Å²) in [5, 5.41) is 3.67. The van der Waals surface area contributed by atoms with Gasteiger partial charge in [-0.25, -0.2) is 9.78 Å². The lowest BCUT2D eigenvalue weighted by atomic mass is 9.74. The third-order valence-corrected chi connectivity index (χ3v) is 8.79. The number of urea groups is 1. The molecule has 1 spiro atoms. The molecule has 2 aliphatic heterocycles. The van der Waals surface area contributed by atoms with E-state index in [0.717, 1.165) is 10.4 Å². The molecule has 1 N–H and O–H groups in total. The van der Waals surface area contributed by atoms with Crippen molar-refractivity contribution >= 4 is 63.9 Å². The molecule has 2 aromatic carbocycles. The van der Waals surface area contributed by atoms with Crippen LogP contribution < -0.4 is 15.0 Å². The number of nitrogens with one attached hydrogen (secondary N) is 1. The lowest BCUT2D eigenvalue weighted by Gasteiger charge is -2.40. The first kappa shape index (κ1) is 29.0.